The minimum atomic E-state index is -2.42. The summed E-state index contributed by atoms with van der Waals surface area (Å²) in [6.45, 7) is 0.997. The van der Waals surface area contributed by atoms with Gasteiger partial charge in [-0.05, 0) is 5.56 Å². The minimum absolute atomic E-state index is 0.0381. The molecular weight excluding hydrogens is 184 g/mol. The van der Waals surface area contributed by atoms with Gasteiger partial charge in [-0.3, -0.25) is 0 Å². The summed E-state index contributed by atoms with van der Waals surface area (Å²) in [6, 6.07) is 9.01. The number of hydrogen-bond acceptors (Lipinski definition) is 4. The molecule has 2 N–H and O–H groups in total. The molecule has 4 heteroatoms. The molecule has 1 aromatic rings. The fourth-order valence-electron chi connectivity index (χ4n) is 0.860. The molecule has 0 spiro atoms. The van der Waals surface area contributed by atoms with E-state index in [2.05, 4.69) is 4.74 Å². The molecule has 14 heavy (non-hydrogen) atoms. The van der Waals surface area contributed by atoms with Crippen LogP contribution in [0.15, 0.2) is 30.3 Å². The molecule has 0 aromatic heterocycles. The standard InChI is InChI=1S/C10H12O4/c1-10(12,13)9(11)14-7-8-5-3-2-4-6-8/h2-6,12-13H,7H2,1H3. The van der Waals surface area contributed by atoms with Crippen molar-refractivity contribution < 1.29 is 19.7 Å². The Bertz CT molecular complexity index is 300. The molecule has 0 aliphatic rings. The van der Waals surface area contributed by atoms with Gasteiger partial charge in [-0.15, -0.1) is 0 Å². The Labute approximate surface area is 81.8 Å². The highest BCUT2D eigenvalue weighted by Gasteiger charge is 2.28. The fraction of sp³-hybridized carbons (Fsp3) is 0.300. The monoisotopic (exact) mass is 196 g/mol. The highest BCUT2D eigenvalue weighted by Crippen LogP contribution is 2.05. The third-order valence-corrected chi connectivity index (χ3v) is 1.60. The predicted molar refractivity (Wildman–Crippen MR) is 49.1 cm³/mol. The van der Waals surface area contributed by atoms with E-state index in [4.69, 9.17) is 10.2 Å². The van der Waals surface area contributed by atoms with Gasteiger partial charge in [0.25, 0.3) is 5.79 Å². The zero-order chi connectivity index (χ0) is 10.6. The van der Waals surface area contributed by atoms with Gasteiger partial charge in [0.15, 0.2) is 0 Å². The molecule has 1 rings (SSSR count). The lowest BCUT2D eigenvalue weighted by Gasteiger charge is -2.13. The topological polar surface area (TPSA) is 66.8 Å². The number of carbonyl (C=O) groups excluding carboxylic acids is 1. The van der Waals surface area contributed by atoms with Gasteiger partial charge in [-0.1, -0.05) is 30.3 Å². The summed E-state index contributed by atoms with van der Waals surface area (Å²) in [5, 5.41) is 17.7. The molecule has 1 aromatic carbocycles. The first-order valence-electron chi connectivity index (χ1n) is 4.16. The molecule has 0 atom stereocenters. The first-order valence-corrected chi connectivity index (χ1v) is 4.16. The maximum absolute atomic E-state index is 10.9. The van der Waals surface area contributed by atoms with Gasteiger partial charge >= 0.3 is 5.97 Å². The largest absolute Gasteiger partial charge is 0.457 e. The number of esters is 1. The van der Waals surface area contributed by atoms with Gasteiger partial charge in [-0.25, -0.2) is 4.79 Å². The first kappa shape index (κ1) is 10.7. The molecule has 0 aliphatic heterocycles. The minimum Gasteiger partial charge on any atom is -0.457 e. The summed E-state index contributed by atoms with van der Waals surface area (Å²) in [5.41, 5.74) is 0.796. The van der Waals surface area contributed by atoms with E-state index in [1.165, 1.54) is 0 Å². The van der Waals surface area contributed by atoms with Crippen LogP contribution >= 0.6 is 0 Å². The Balaban J connectivity index is 2.46. The van der Waals surface area contributed by atoms with Crippen LogP contribution in [-0.2, 0) is 16.1 Å². The number of aliphatic hydroxyl groups is 2. The summed E-state index contributed by atoms with van der Waals surface area (Å²) < 4.78 is 4.65. The molecule has 0 bridgehead atoms. The third kappa shape index (κ3) is 3.16. The summed E-state index contributed by atoms with van der Waals surface area (Å²) in [7, 11) is 0. The fourth-order valence-corrected chi connectivity index (χ4v) is 0.860. The molecule has 0 aliphatic carbocycles. The van der Waals surface area contributed by atoms with Crippen molar-refractivity contribution in [2.75, 3.05) is 0 Å². The van der Waals surface area contributed by atoms with Crippen LogP contribution < -0.4 is 0 Å². The second-order valence-corrected chi connectivity index (χ2v) is 3.08. The number of benzene rings is 1. The van der Waals surface area contributed by atoms with Crippen molar-refractivity contribution in [2.24, 2.45) is 0 Å². The Morgan fingerprint density at radius 1 is 1.36 bits per heavy atom. The van der Waals surface area contributed by atoms with Crippen molar-refractivity contribution >= 4 is 5.97 Å². The highest BCUT2D eigenvalue weighted by atomic mass is 16.6. The van der Waals surface area contributed by atoms with Crippen LogP contribution in [0.3, 0.4) is 0 Å². The molecule has 0 saturated carbocycles. The van der Waals surface area contributed by atoms with Gasteiger partial charge in [0.1, 0.15) is 6.61 Å². The first-order chi connectivity index (χ1) is 6.50. The quantitative estimate of drug-likeness (QED) is 0.543. The van der Waals surface area contributed by atoms with Crippen LogP contribution in [0, 0.1) is 0 Å². The van der Waals surface area contributed by atoms with Crippen LogP contribution in [0.4, 0.5) is 0 Å². The summed E-state index contributed by atoms with van der Waals surface area (Å²) in [4.78, 5) is 10.9. The average molecular weight is 196 g/mol. The number of ether oxygens (including phenoxy) is 1. The highest BCUT2D eigenvalue weighted by molar-refractivity contribution is 5.76. The second kappa shape index (κ2) is 4.21. The molecule has 0 radical (unpaired) electrons. The SMILES string of the molecule is CC(O)(O)C(=O)OCc1ccccc1. The van der Waals surface area contributed by atoms with Crippen LogP contribution in [0.2, 0.25) is 0 Å². The van der Waals surface area contributed by atoms with Crippen molar-refractivity contribution in [3.8, 4) is 0 Å². The van der Waals surface area contributed by atoms with Gasteiger partial charge in [-0.2, -0.15) is 0 Å². The Hall–Kier alpha value is -1.39. The third-order valence-electron chi connectivity index (χ3n) is 1.60. The Morgan fingerprint density at radius 3 is 2.43 bits per heavy atom. The lowest BCUT2D eigenvalue weighted by Crippen LogP contribution is -2.36. The van der Waals surface area contributed by atoms with E-state index in [0.717, 1.165) is 12.5 Å². The van der Waals surface area contributed by atoms with Crippen LogP contribution in [0.25, 0.3) is 0 Å². The average Bonchev–Trinajstić information content (AvgIpc) is 2.14. The molecular formula is C10H12O4. The Morgan fingerprint density at radius 2 is 1.93 bits per heavy atom. The van der Waals surface area contributed by atoms with Crippen molar-refractivity contribution in [3.63, 3.8) is 0 Å². The number of hydrogen-bond donors (Lipinski definition) is 2. The van der Waals surface area contributed by atoms with Gasteiger partial charge in [0.2, 0.25) is 0 Å². The normalized spacial score (nSPS) is 11.1. The maximum Gasteiger partial charge on any atom is 0.366 e. The van der Waals surface area contributed by atoms with E-state index < -0.39 is 11.8 Å². The maximum atomic E-state index is 10.9. The molecule has 0 unspecified atom stereocenters. The van der Waals surface area contributed by atoms with E-state index in [-0.39, 0.29) is 6.61 Å². The van der Waals surface area contributed by atoms with E-state index in [1.54, 1.807) is 24.3 Å². The smallest absolute Gasteiger partial charge is 0.366 e. The molecule has 4 nitrogen and oxygen atoms in total. The van der Waals surface area contributed by atoms with Crippen molar-refractivity contribution in [2.45, 2.75) is 19.3 Å². The van der Waals surface area contributed by atoms with E-state index >= 15 is 0 Å². The van der Waals surface area contributed by atoms with Crippen LogP contribution in [0.1, 0.15) is 12.5 Å². The van der Waals surface area contributed by atoms with E-state index in [1.807, 2.05) is 6.07 Å². The predicted octanol–water partition coefficient (Wildman–Crippen LogP) is 0.431. The Kier molecular flexibility index (Phi) is 3.22. The van der Waals surface area contributed by atoms with Crippen molar-refractivity contribution in [3.05, 3.63) is 35.9 Å². The molecule has 76 valence electrons. The second-order valence-electron chi connectivity index (χ2n) is 3.08. The molecule has 0 fully saturated rings. The van der Waals surface area contributed by atoms with Gasteiger partial charge < -0.3 is 14.9 Å². The van der Waals surface area contributed by atoms with Gasteiger partial charge in [0.05, 0.1) is 0 Å². The molecule has 0 saturated heterocycles. The summed E-state index contributed by atoms with van der Waals surface area (Å²) >= 11 is 0. The molecule has 0 heterocycles. The van der Waals surface area contributed by atoms with Gasteiger partial charge in [0, 0.05) is 6.92 Å². The summed E-state index contributed by atoms with van der Waals surface area (Å²) in [5.74, 6) is -3.48. The van der Waals surface area contributed by atoms with E-state index in [0.29, 0.717) is 0 Å². The zero-order valence-corrected chi connectivity index (χ0v) is 7.80. The van der Waals surface area contributed by atoms with E-state index in [9.17, 15) is 4.79 Å². The van der Waals surface area contributed by atoms with Crippen LogP contribution in [-0.4, -0.2) is 22.0 Å². The summed E-state index contributed by atoms with van der Waals surface area (Å²) in [6.07, 6.45) is 0. The lowest BCUT2D eigenvalue weighted by molar-refractivity contribution is -0.204. The zero-order valence-electron chi connectivity index (χ0n) is 7.80. The van der Waals surface area contributed by atoms with Crippen molar-refractivity contribution in [1.82, 2.24) is 0 Å². The van der Waals surface area contributed by atoms with Crippen molar-refractivity contribution in [1.29, 1.82) is 0 Å². The lowest BCUT2D eigenvalue weighted by atomic mass is 10.2. The number of carbonyl (C=O) groups is 1. The molecule has 0 amide bonds. The van der Waals surface area contributed by atoms with Crippen LogP contribution in [0.5, 0.6) is 0 Å². The number of rotatable bonds is 3.